The number of nitrogens with zero attached hydrogens (tertiary/aromatic N) is 3. The van der Waals surface area contributed by atoms with E-state index < -0.39 is 0 Å². The van der Waals surface area contributed by atoms with Crippen LogP contribution in [0.1, 0.15) is 38.8 Å². The number of hydrogen-bond acceptors (Lipinski definition) is 4. The van der Waals surface area contributed by atoms with Crippen molar-refractivity contribution in [2.75, 3.05) is 9.80 Å². The number of pyridine rings is 1. The molecule has 0 radical (unpaired) electrons. The monoisotopic (exact) mass is 473 g/mol. The predicted octanol–water partition coefficient (Wildman–Crippen LogP) is 8.38. The van der Waals surface area contributed by atoms with E-state index in [1.54, 1.807) is 6.20 Å². The van der Waals surface area contributed by atoms with Gasteiger partial charge in [0.1, 0.15) is 11.7 Å². The van der Waals surface area contributed by atoms with E-state index in [1.165, 1.54) is 33.9 Å². The highest BCUT2D eigenvalue weighted by Gasteiger charge is 2.45. The van der Waals surface area contributed by atoms with E-state index in [-0.39, 0.29) is 11.6 Å². The number of hydrogen-bond donors (Lipinski definition) is 0. The number of furan rings is 1. The van der Waals surface area contributed by atoms with Crippen molar-refractivity contribution in [1.82, 2.24) is 4.98 Å². The van der Waals surface area contributed by atoms with E-state index in [2.05, 4.69) is 128 Å². The first-order valence-corrected chi connectivity index (χ1v) is 12.5. The van der Waals surface area contributed by atoms with Gasteiger partial charge in [0.25, 0.3) is 0 Å². The van der Waals surface area contributed by atoms with Crippen LogP contribution in [-0.2, 0) is 0 Å². The SMILES string of the molecule is CC1=C(c2ccccc2)N(c2ccccc2)C(C(C)(C)C)N1c1cc2c(cc1C)oc1ncccc12. The number of fused-ring (bicyclic) bond motifs is 3. The van der Waals surface area contributed by atoms with E-state index in [1.807, 2.05) is 6.07 Å². The quantitative estimate of drug-likeness (QED) is 0.263. The van der Waals surface area contributed by atoms with E-state index >= 15 is 0 Å². The summed E-state index contributed by atoms with van der Waals surface area (Å²) in [6.45, 7) is 11.4. The summed E-state index contributed by atoms with van der Waals surface area (Å²) in [5.41, 5.74) is 8.74. The van der Waals surface area contributed by atoms with Gasteiger partial charge in [0, 0.05) is 39.5 Å². The Morgan fingerprint density at radius 1 is 0.778 bits per heavy atom. The topological polar surface area (TPSA) is 32.5 Å². The van der Waals surface area contributed by atoms with Crippen molar-refractivity contribution in [3.05, 3.63) is 108 Å². The lowest BCUT2D eigenvalue weighted by Crippen LogP contribution is -2.49. The second-order valence-electron chi connectivity index (χ2n) is 10.7. The molecule has 4 heteroatoms. The van der Waals surface area contributed by atoms with Crippen LogP contribution >= 0.6 is 0 Å². The zero-order valence-electron chi connectivity index (χ0n) is 21.5. The van der Waals surface area contributed by atoms with Gasteiger partial charge >= 0.3 is 0 Å². The smallest absolute Gasteiger partial charge is 0.227 e. The summed E-state index contributed by atoms with van der Waals surface area (Å²) in [5, 5.41) is 2.14. The Labute approximate surface area is 212 Å². The van der Waals surface area contributed by atoms with Gasteiger partial charge < -0.3 is 14.2 Å². The van der Waals surface area contributed by atoms with Gasteiger partial charge in [-0.25, -0.2) is 4.98 Å². The molecular formula is C32H31N3O. The van der Waals surface area contributed by atoms with Crippen molar-refractivity contribution in [2.24, 2.45) is 5.41 Å². The summed E-state index contributed by atoms with van der Waals surface area (Å²) < 4.78 is 6.10. The van der Waals surface area contributed by atoms with Gasteiger partial charge in [0.15, 0.2) is 0 Å². The fourth-order valence-electron chi connectivity index (χ4n) is 5.61. The van der Waals surface area contributed by atoms with Gasteiger partial charge in [-0.2, -0.15) is 0 Å². The molecule has 0 saturated heterocycles. The van der Waals surface area contributed by atoms with Crippen molar-refractivity contribution < 1.29 is 4.42 Å². The highest BCUT2D eigenvalue weighted by molar-refractivity contribution is 6.05. The minimum atomic E-state index is -0.0605. The van der Waals surface area contributed by atoms with E-state index in [0.29, 0.717) is 5.71 Å². The third kappa shape index (κ3) is 3.48. The average Bonchev–Trinajstić information content (AvgIpc) is 3.39. The minimum absolute atomic E-state index is 0.0605. The molecule has 1 aliphatic heterocycles. The van der Waals surface area contributed by atoms with Crippen molar-refractivity contribution in [3.63, 3.8) is 0 Å². The maximum absolute atomic E-state index is 6.10. The maximum atomic E-state index is 6.10. The van der Waals surface area contributed by atoms with Gasteiger partial charge in [-0.15, -0.1) is 0 Å². The highest BCUT2D eigenvalue weighted by Crippen LogP contribution is 2.48. The summed E-state index contributed by atoms with van der Waals surface area (Å²) in [6, 6.07) is 30.0. The maximum Gasteiger partial charge on any atom is 0.227 e. The molecule has 0 amide bonds. The average molecular weight is 474 g/mol. The lowest BCUT2D eigenvalue weighted by molar-refractivity contribution is 0.326. The molecule has 0 bridgehead atoms. The predicted molar refractivity (Wildman–Crippen MR) is 150 cm³/mol. The van der Waals surface area contributed by atoms with Gasteiger partial charge in [-0.3, -0.25) is 0 Å². The zero-order chi connectivity index (χ0) is 25.0. The molecule has 0 fully saturated rings. The van der Waals surface area contributed by atoms with Gasteiger partial charge in [0.2, 0.25) is 5.71 Å². The Morgan fingerprint density at radius 3 is 2.17 bits per heavy atom. The number of anilines is 2. The Hall–Kier alpha value is -4.05. The first-order valence-electron chi connectivity index (χ1n) is 12.5. The Balaban J connectivity index is 1.64. The molecule has 0 saturated carbocycles. The number of rotatable bonds is 3. The highest BCUT2D eigenvalue weighted by atomic mass is 16.3. The normalized spacial score (nSPS) is 16.5. The molecule has 0 aliphatic carbocycles. The largest absolute Gasteiger partial charge is 0.438 e. The number of allylic oxidation sites excluding steroid dienone is 1. The molecule has 5 aromatic rings. The molecule has 0 spiro atoms. The number of para-hydroxylation sites is 1. The zero-order valence-corrected chi connectivity index (χ0v) is 21.5. The standard InChI is InChI=1S/C32H31N3O/c1-21-19-28-26(25-17-12-18-33-30(25)36-28)20-27(21)34-22(2)29(23-13-8-6-9-14-23)35(31(34)32(3,4)5)24-15-10-7-11-16-24/h6-20,31H,1-5H3. The summed E-state index contributed by atoms with van der Waals surface area (Å²) in [6.07, 6.45) is 1.85. The molecule has 4 nitrogen and oxygen atoms in total. The summed E-state index contributed by atoms with van der Waals surface area (Å²) in [7, 11) is 0. The van der Waals surface area contributed by atoms with Crippen LogP contribution < -0.4 is 9.80 Å². The fourth-order valence-corrected chi connectivity index (χ4v) is 5.61. The summed E-state index contributed by atoms with van der Waals surface area (Å²) in [5.74, 6) is 0. The number of benzene rings is 3. The van der Waals surface area contributed by atoms with Crippen LogP contribution in [-0.4, -0.2) is 11.1 Å². The van der Waals surface area contributed by atoms with Crippen LogP contribution in [0.4, 0.5) is 11.4 Å². The second kappa shape index (κ2) is 8.27. The lowest BCUT2D eigenvalue weighted by atomic mass is 9.89. The van der Waals surface area contributed by atoms with Crippen LogP contribution in [0.15, 0.2) is 101 Å². The fraction of sp³-hybridized carbons (Fsp3) is 0.219. The molecule has 36 heavy (non-hydrogen) atoms. The second-order valence-corrected chi connectivity index (χ2v) is 10.7. The molecule has 3 heterocycles. The van der Waals surface area contributed by atoms with E-state index in [4.69, 9.17) is 4.42 Å². The molecule has 0 N–H and O–H groups in total. The molecule has 2 aromatic heterocycles. The van der Waals surface area contributed by atoms with Crippen LogP contribution in [0, 0.1) is 12.3 Å². The molecular weight excluding hydrogens is 442 g/mol. The summed E-state index contributed by atoms with van der Waals surface area (Å²) >= 11 is 0. The van der Waals surface area contributed by atoms with Crippen molar-refractivity contribution >= 4 is 39.1 Å². The minimum Gasteiger partial charge on any atom is -0.438 e. The third-order valence-corrected chi connectivity index (χ3v) is 7.12. The molecule has 1 unspecified atom stereocenters. The Bertz CT molecular complexity index is 1590. The van der Waals surface area contributed by atoms with Gasteiger partial charge in [-0.1, -0.05) is 69.3 Å². The number of aryl methyl sites for hydroxylation is 1. The molecule has 1 atom stereocenters. The van der Waals surface area contributed by atoms with Crippen LogP contribution in [0.2, 0.25) is 0 Å². The number of aromatic nitrogens is 1. The molecule has 3 aromatic carbocycles. The van der Waals surface area contributed by atoms with Crippen LogP contribution in [0.25, 0.3) is 27.8 Å². The molecule has 180 valence electrons. The summed E-state index contributed by atoms with van der Waals surface area (Å²) in [4.78, 5) is 9.49. The van der Waals surface area contributed by atoms with Crippen molar-refractivity contribution in [2.45, 2.75) is 40.8 Å². The Morgan fingerprint density at radius 2 is 1.47 bits per heavy atom. The third-order valence-electron chi connectivity index (χ3n) is 7.12. The molecule has 6 rings (SSSR count). The van der Waals surface area contributed by atoms with Gasteiger partial charge in [-0.05, 0) is 61.4 Å². The van der Waals surface area contributed by atoms with E-state index in [9.17, 15) is 0 Å². The molecule has 1 aliphatic rings. The first-order chi connectivity index (χ1) is 17.3. The first kappa shape index (κ1) is 22.4. The van der Waals surface area contributed by atoms with Crippen molar-refractivity contribution in [3.8, 4) is 0 Å². The lowest BCUT2D eigenvalue weighted by Gasteiger charge is -2.43. The van der Waals surface area contributed by atoms with E-state index in [0.717, 1.165) is 16.4 Å². The van der Waals surface area contributed by atoms with Gasteiger partial charge in [0.05, 0.1) is 5.70 Å². The van der Waals surface area contributed by atoms with Crippen LogP contribution in [0.3, 0.4) is 0 Å². The van der Waals surface area contributed by atoms with Crippen molar-refractivity contribution in [1.29, 1.82) is 0 Å². The van der Waals surface area contributed by atoms with Crippen LogP contribution in [0.5, 0.6) is 0 Å². The Kier molecular flexibility index (Phi) is 5.15.